The Balaban J connectivity index is 2.29. The van der Waals surface area contributed by atoms with Crippen molar-refractivity contribution in [1.82, 2.24) is 5.32 Å². The number of hydrogen-bond acceptors (Lipinski definition) is 2. The molecule has 0 bridgehead atoms. The second-order valence-corrected chi connectivity index (χ2v) is 5.92. The first-order chi connectivity index (χ1) is 6.77. The molecule has 3 unspecified atom stereocenters. The highest BCUT2D eigenvalue weighted by atomic mass is 32.2. The van der Waals surface area contributed by atoms with Gasteiger partial charge in [0.2, 0.25) is 0 Å². The molecule has 84 valence electrons. The first kappa shape index (κ1) is 12.4. The Kier molecular flexibility index (Phi) is 5.95. The summed E-state index contributed by atoms with van der Waals surface area (Å²) in [6, 6.07) is 0.771. The zero-order chi connectivity index (χ0) is 10.4. The fraction of sp³-hybridized carbons (Fsp3) is 1.00. The van der Waals surface area contributed by atoms with Crippen molar-refractivity contribution in [2.45, 2.75) is 57.2 Å². The van der Waals surface area contributed by atoms with E-state index in [0.717, 1.165) is 17.2 Å². The van der Waals surface area contributed by atoms with Gasteiger partial charge >= 0.3 is 0 Å². The first-order valence-electron chi connectivity index (χ1n) is 6.06. The van der Waals surface area contributed by atoms with Gasteiger partial charge in [0.1, 0.15) is 0 Å². The van der Waals surface area contributed by atoms with Crippen molar-refractivity contribution in [2.24, 2.45) is 5.92 Å². The Labute approximate surface area is 93.4 Å². The van der Waals surface area contributed by atoms with Crippen LogP contribution in [0.2, 0.25) is 0 Å². The van der Waals surface area contributed by atoms with Gasteiger partial charge in [-0.3, -0.25) is 0 Å². The van der Waals surface area contributed by atoms with E-state index in [1.165, 1.54) is 37.9 Å². The van der Waals surface area contributed by atoms with Gasteiger partial charge in [-0.2, -0.15) is 11.8 Å². The molecule has 1 fully saturated rings. The zero-order valence-corrected chi connectivity index (χ0v) is 10.7. The Bertz CT molecular complexity index is 149. The summed E-state index contributed by atoms with van der Waals surface area (Å²) in [5.74, 6) is 2.30. The van der Waals surface area contributed by atoms with Gasteiger partial charge < -0.3 is 5.32 Å². The third kappa shape index (κ3) is 3.82. The van der Waals surface area contributed by atoms with Crippen molar-refractivity contribution in [3.8, 4) is 0 Å². The molecular weight excluding hydrogens is 190 g/mol. The van der Waals surface area contributed by atoms with E-state index in [4.69, 9.17) is 0 Å². The highest BCUT2D eigenvalue weighted by Gasteiger charge is 2.27. The monoisotopic (exact) mass is 215 g/mol. The lowest BCUT2D eigenvalue weighted by atomic mass is 9.87. The Morgan fingerprint density at radius 1 is 1.36 bits per heavy atom. The van der Waals surface area contributed by atoms with Crippen LogP contribution in [-0.4, -0.2) is 24.1 Å². The van der Waals surface area contributed by atoms with Crippen molar-refractivity contribution in [1.29, 1.82) is 0 Å². The van der Waals surface area contributed by atoms with Gasteiger partial charge in [-0.15, -0.1) is 0 Å². The van der Waals surface area contributed by atoms with E-state index < -0.39 is 0 Å². The minimum Gasteiger partial charge on any atom is -0.316 e. The molecular formula is C12H25NS. The SMILES string of the molecule is CCCCSC1CC(C)CCC1NC. The number of nitrogens with one attached hydrogen (secondary N) is 1. The van der Waals surface area contributed by atoms with Gasteiger partial charge in [0.15, 0.2) is 0 Å². The number of rotatable bonds is 5. The zero-order valence-electron chi connectivity index (χ0n) is 9.88. The molecule has 0 aromatic heterocycles. The van der Waals surface area contributed by atoms with Gasteiger partial charge in [0.25, 0.3) is 0 Å². The van der Waals surface area contributed by atoms with Crippen LogP contribution in [0.1, 0.15) is 46.0 Å². The van der Waals surface area contributed by atoms with Crippen LogP contribution >= 0.6 is 11.8 Å². The summed E-state index contributed by atoms with van der Waals surface area (Å²) in [4.78, 5) is 0. The molecule has 1 rings (SSSR count). The van der Waals surface area contributed by atoms with E-state index in [1.807, 2.05) is 0 Å². The normalized spacial score (nSPS) is 33.2. The smallest absolute Gasteiger partial charge is 0.0203 e. The fourth-order valence-corrected chi connectivity index (χ4v) is 3.95. The van der Waals surface area contributed by atoms with E-state index in [1.54, 1.807) is 0 Å². The van der Waals surface area contributed by atoms with Crippen LogP contribution in [0.15, 0.2) is 0 Å². The summed E-state index contributed by atoms with van der Waals surface area (Å²) in [7, 11) is 2.12. The molecule has 14 heavy (non-hydrogen) atoms. The topological polar surface area (TPSA) is 12.0 Å². The molecule has 0 heterocycles. The van der Waals surface area contributed by atoms with Crippen LogP contribution < -0.4 is 5.32 Å². The minimum absolute atomic E-state index is 0.771. The highest BCUT2D eigenvalue weighted by molar-refractivity contribution is 7.99. The van der Waals surface area contributed by atoms with E-state index in [0.29, 0.717) is 0 Å². The van der Waals surface area contributed by atoms with Crippen LogP contribution in [0.3, 0.4) is 0 Å². The van der Waals surface area contributed by atoms with E-state index >= 15 is 0 Å². The summed E-state index contributed by atoms with van der Waals surface area (Å²) in [5, 5.41) is 4.35. The Morgan fingerprint density at radius 2 is 2.14 bits per heavy atom. The van der Waals surface area contributed by atoms with Gasteiger partial charge in [-0.1, -0.05) is 20.3 Å². The molecule has 0 saturated heterocycles. The molecule has 3 atom stereocenters. The summed E-state index contributed by atoms with van der Waals surface area (Å²) in [6.45, 7) is 4.68. The fourth-order valence-electron chi connectivity index (χ4n) is 2.22. The van der Waals surface area contributed by atoms with Crippen molar-refractivity contribution in [3.63, 3.8) is 0 Å². The first-order valence-corrected chi connectivity index (χ1v) is 7.11. The van der Waals surface area contributed by atoms with Crippen molar-refractivity contribution in [2.75, 3.05) is 12.8 Å². The quantitative estimate of drug-likeness (QED) is 0.706. The van der Waals surface area contributed by atoms with Crippen LogP contribution in [0.25, 0.3) is 0 Å². The predicted octanol–water partition coefficient (Wildman–Crippen LogP) is 3.30. The molecule has 1 aliphatic rings. The maximum Gasteiger partial charge on any atom is 0.0203 e. The van der Waals surface area contributed by atoms with E-state index in [2.05, 4.69) is 38.0 Å². The molecule has 0 aromatic rings. The molecule has 1 aliphatic carbocycles. The molecule has 0 aliphatic heterocycles. The van der Waals surface area contributed by atoms with Crippen LogP contribution in [-0.2, 0) is 0 Å². The second kappa shape index (κ2) is 6.73. The predicted molar refractivity (Wildman–Crippen MR) is 67.0 cm³/mol. The van der Waals surface area contributed by atoms with Crippen molar-refractivity contribution in [3.05, 3.63) is 0 Å². The third-order valence-electron chi connectivity index (χ3n) is 3.25. The Hall–Kier alpha value is 0.310. The largest absolute Gasteiger partial charge is 0.316 e. The van der Waals surface area contributed by atoms with Crippen molar-refractivity contribution < 1.29 is 0 Å². The van der Waals surface area contributed by atoms with Gasteiger partial charge in [-0.25, -0.2) is 0 Å². The second-order valence-electron chi connectivity index (χ2n) is 4.58. The molecule has 0 radical (unpaired) electrons. The standard InChI is InChI=1S/C12H25NS/c1-4-5-8-14-12-9-10(2)6-7-11(12)13-3/h10-13H,4-9H2,1-3H3. The third-order valence-corrected chi connectivity index (χ3v) is 4.73. The number of hydrogen-bond donors (Lipinski definition) is 1. The molecule has 1 saturated carbocycles. The molecule has 2 heteroatoms. The highest BCUT2D eigenvalue weighted by Crippen LogP contribution is 2.32. The van der Waals surface area contributed by atoms with Crippen LogP contribution in [0.4, 0.5) is 0 Å². The molecule has 1 N–H and O–H groups in total. The lowest BCUT2D eigenvalue weighted by molar-refractivity contribution is 0.329. The summed E-state index contributed by atoms with van der Waals surface area (Å²) in [5.41, 5.74) is 0. The van der Waals surface area contributed by atoms with Crippen molar-refractivity contribution >= 4 is 11.8 Å². The van der Waals surface area contributed by atoms with Crippen LogP contribution in [0, 0.1) is 5.92 Å². The molecule has 0 aromatic carbocycles. The van der Waals surface area contributed by atoms with E-state index in [-0.39, 0.29) is 0 Å². The maximum atomic E-state index is 3.48. The number of thioether (sulfide) groups is 1. The Morgan fingerprint density at radius 3 is 2.79 bits per heavy atom. The van der Waals surface area contributed by atoms with Gasteiger partial charge in [0, 0.05) is 11.3 Å². The average Bonchev–Trinajstić information content (AvgIpc) is 2.19. The number of unbranched alkanes of at least 4 members (excludes halogenated alkanes) is 1. The molecule has 0 spiro atoms. The maximum absolute atomic E-state index is 3.48. The summed E-state index contributed by atoms with van der Waals surface area (Å²) in [6.07, 6.45) is 6.92. The van der Waals surface area contributed by atoms with Gasteiger partial charge in [-0.05, 0) is 44.4 Å². The van der Waals surface area contributed by atoms with E-state index in [9.17, 15) is 0 Å². The average molecular weight is 215 g/mol. The lowest BCUT2D eigenvalue weighted by Gasteiger charge is -2.34. The molecule has 0 amide bonds. The van der Waals surface area contributed by atoms with Gasteiger partial charge in [0.05, 0.1) is 0 Å². The minimum atomic E-state index is 0.771. The lowest BCUT2D eigenvalue weighted by Crippen LogP contribution is -2.40. The van der Waals surface area contributed by atoms with Crippen LogP contribution in [0.5, 0.6) is 0 Å². The summed E-state index contributed by atoms with van der Waals surface area (Å²) >= 11 is 2.20. The summed E-state index contributed by atoms with van der Waals surface area (Å²) < 4.78 is 0. The molecule has 1 nitrogen and oxygen atoms in total.